The monoisotopic (exact) mass is 407 g/mol. The van der Waals surface area contributed by atoms with Crippen molar-refractivity contribution >= 4 is 11.8 Å². The summed E-state index contributed by atoms with van der Waals surface area (Å²) in [5.41, 5.74) is 5.18. The van der Waals surface area contributed by atoms with Crippen LogP contribution in [0.25, 0.3) is 11.5 Å². The van der Waals surface area contributed by atoms with Gasteiger partial charge in [0.25, 0.3) is 11.1 Å². The van der Waals surface area contributed by atoms with Gasteiger partial charge in [-0.05, 0) is 50.1 Å². The maximum atomic E-state index is 5.81. The van der Waals surface area contributed by atoms with E-state index in [1.807, 2.05) is 57.2 Å². The molecule has 2 aromatic carbocycles. The van der Waals surface area contributed by atoms with Gasteiger partial charge in [-0.2, -0.15) is 0 Å². The van der Waals surface area contributed by atoms with E-state index in [0.29, 0.717) is 22.8 Å². The average Bonchev–Trinajstić information content (AvgIpc) is 3.37. The van der Waals surface area contributed by atoms with Gasteiger partial charge in [-0.25, -0.2) is 4.98 Å². The van der Waals surface area contributed by atoms with Crippen molar-refractivity contribution in [3.05, 3.63) is 77.0 Å². The van der Waals surface area contributed by atoms with E-state index in [4.69, 9.17) is 13.6 Å². The highest BCUT2D eigenvalue weighted by molar-refractivity contribution is 7.98. The van der Waals surface area contributed by atoms with E-state index >= 15 is 0 Å². The lowest BCUT2D eigenvalue weighted by Gasteiger charge is -2.07. The van der Waals surface area contributed by atoms with E-state index in [1.54, 1.807) is 6.26 Å². The van der Waals surface area contributed by atoms with Gasteiger partial charge in [0.2, 0.25) is 5.89 Å². The van der Waals surface area contributed by atoms with Crippen molar-refractivity contribution in [3.8, 4) is 17.2 Å². The summed E-state index contributed by atoms with van der Waals surface area (Å²) < 4.78 is 17.0. The summed E-state index contributed by atoms with van der Waals surface area (Å²) in [6, 6.07) is 14.1. The number of rotatable bonds is 7. The molecular weight excluding hydrogens is 386 g/mol. The zero-order valence-electron chi connectivity index (χ0n) is 16.5. The van der Waals surface area contributed by atoms with Gasteiger partial charge in [0.05, 0.1) is 5.69 Å². The third-order valence-corrected chi connectivity index (χ3v) is 5.19. The van der Waals surface area contributed by atoms with E-state index in [2.05, 4.69) is 21.2 Å². The highest BCUT2D eigenvalue weighted by Crippen LogP contribution is 2.25. The Hall–Kier alpha value is -3.06. The Labute approximate surface area is 173 Å². The minimum Gasteiger partial charge on any atom is -0.484 e. The molecule has 4 rings (SSSR count). The van der Waals surface area contributed by atoms with Crippen LogP contribution >= 0.6 is 11.8 Å². The molecule has 0 fully saturated rings. The van der Waals surface area contributed by atoms with E-state index in [0.717, 1.165) is 28.1 Å². The highest BCUT2D eigenvalue weighted by atomic mass is 32.2. The minimum atomic E-state index is 0.236. The summed E-state index contributed by atoms with van der Waals surface area (Å²) in [6.07, 6.45) is 1.66. The number of thioether (sulfide) groups is 1. The summed E-state index contributed by atoms with van der Waals surface area (Å²) in [5.74, 6) is 2.45. The molecule has 0 atom stereocenters. The van der Waals surface area contributed by atoms with E-state index < -0.39 is 0 Å². The van der Waals surface area contributed by atoms with Crippen molar-refractivity contribution in [2.24, 2.45) is 0 Å². The molecule has 2 heterocycles. The Balaban J connectivity index is 1.33. The molecule has 6 nitrogen and oxygen atoms in total. The first-order valence-corrected chi connectivity index (χ1v) is 10.2. The molecule has 29 heavy (non-hydrogen) atoms. The van der Waals surface area contributed by atoms with Crippen molar-refractivity contribution in [3.63, 3.8) is 0 Å². The van der Waals surface area contributed by atoms with Crippen LogP contribution in [0, 0.1) is 20.8 Å². The third-order valence-electron chi connectivity index (χ3n) is 4.34. The second-order valence-corrected chi connectivity index (χ2v) is 7.74. The van der Waals surface area contributed by atoms with Gasteiger partial charge in [-0.15, -0.1) is 10.2 Å². The maximum Gasteiger partial charge on any atom is 0.277 e. The molecule has 0 aliphatic rings. The SMILES string of the molecule is Cc1ccc(-c2nc(CSc3nnc(COc4cc(C)ccc4C)o3)co2)cc1. The highest BCUT2D eigenvalue weighted by Gasteiger charge is 2.11. The van der Waals surface area contributed by atoms with Gasteiger partial charge < -0.3 is 13.6 Å². The standard InChI is InChI=1S/C22H21N3O3S/c1-14-5-8-17(9-6-14)21-23-18(11-27-21)13-29-22-25-24-20(28-22)12-26-19-10-15(2)4-7-16(19)3/h4-11H,12-13H2,1-3H3. The van der Waals surface area contributed by atoms with Crippen molar-refractivity contribution < 1.29 is 13.6 Å². The number of aromatic nitrogens is 3. The van der Waals surface area contributed by atoms with Crippen LogP contribution in [-0.4, -0.2) is 15.2 Å². The predicted octanol–water partition coefficient (Wildman–Crippen LogP) is 5.52. The quantitative estimate of drug-likeness (QED) is 0.373. The van der Waals surface area contributed by atoms with Crippen molar-refractivity contribution in [2.45, 2.75) is 38.4 Å². The summed E-state index contributed by atoms with van der Waals surface area (Å²) in [6.45, 7) is 6.32. The van der Waals surface area contributed by atoms with Crippen LogP contribution < -0.4 is 4.74 Å². The van der Waals surface area contributed by atoms with E-state index in [-0.39, 0.29) is 6.61 Å². The third kappa shape index (κ3) is 4.86. The molecule has 7 heteroatoms. The fraction of sp³-hybridized carbons (Fsp3) is 0.227. The Morgan fingerprint density at radius 3 is 2.59 bits per heavy atom. The molecule has 2 aromatic heterocycles. The zero-order chi connectivity index (χ0) is 20.2. The topological polar surface area (TPSA) is 74.2 Å². The Kier molecular flexibility index (Phi) is 5.67. The van der Waals surface area contributed by atoms with Crippen molar-refractivity contribution in [1.82, 2.24) is 15.2 Å². The molecule has 4 aromatic rings. The number of nitrogens with zero attached hydrogens (tertiary/aromatic N) is 3. The molecule has 0 radical (unpaired) electrons. The Morgan fingerprint density at radius 1 is 0.966 bits per heavy atom. The minimum absolute atomic E-state index is 0.236. The smallest absolute Gasteiger partial charge is 0.277 e. The molecule has 0 amide bonds. The zero-order valence-corrected chi connectivity index (χ0v) is 17.3. The van der Waals surface area contributed by atoms with Crippen LogP contribution in [0.2, 0.25) is 0 Å². The number of benzene rings is 2. The Bertz CT molecular complexity index is 1100. The van der Waals surface area contributed by atoms with Gasteiger partial charge >= 0.3 is 0 Å². The summed E-state index contributed by atoms with van der Waals surface area (Å²) in [4.78, 5) is 4.52. The molecule has 0 saturated carbocycles. The molecule has 0 aliphatic carbocycles. The molecule has 0 bridgehead atoms. The molecule has 148 valence electrons. The maximum absolute atomic E-state index is 5.81. The van der Waals surface area contributed by atoms with E-state index in [1.165, 1.54) is 17.3 Å². The Morgan fingerprint density at radius 2 is 1.76 bits per heavy atom. The second-order valence-electron chi connectivity index (χ2n) is 6.82. The predicted molar refractivity (Wildman–Crippen MR) is 111 cm³/mol. The normalized spacial score (nSPS) is 11.0. The van der Waals surface area contributed by atoms with Crippen molar-refractivity contribution in [2.75, 3.05) is 0 Å². The molecule has 0 unspecified atom stereocenters. The average molecular weight is 407 g/mol. The molecule has 0 aliphatic heterocycles. The number of oxazole rings is 1. The number of hydrogen-bond donors (Lipinski definition) is 0. The van der Waals surface area contributed by atoms with Crippen LogP contribution in [-0.2, 0) is 12.4 Å². The van der Waals surface area contributed by atoms with Crippen molar-refractivity contribution in [1.29, 1.82) is 0 Å². The summed E-state index contributed by atoms with van der Waals surface area (Å²) in [7, 11) is 0. The van der Waals surface area contributed by atoms with E-state index in [9.17, 15) is 0 Å². The van der Waals surface area contributed by atoms with Gasteiger partial charge in [0, 0.05) is 11.3 Å². The first-order valence-electron chi connectivity index (χ1n) is 9.23. The largest absolute Gasteiger partial charge is 0.484 e. The van der Waals surface area contributed by atoms with Gasteiger partial charge in [-0.1, -0.05) is 41.6 Å². The van der Waals surface area contributed by atoms with Crippen LogP contribution in [0.3, 0.4) is 0 Å². The van der Waals surface area contributed by atoms with Gasteiger partial charge in [0.1, 0.15) is 12.0 Å². The second kappa shape index (κ2) is 8.53. The van der Waals surface area contributed by atoms with Crippen LogP contribution in [0.4, 0.5) is 0 Å². The number of hydrogen-bond acceptors (Lipinski definition) is 7. The van der Waals surface area contributed by atoms with Crippen LogP contribution in [0.5, 0.6) is 5.75 Å². The first kappa shape index (κ1) is 19.3. The number of ether oxygens (including phenoxy) is 1. The van der Waals surface area contributed by atoms with Gasteiger partial charge in [-0.3, -0.25) is 0 Å². The summed E-state index contributed by atoms with van der Waals surface area (Å²) >= 11 is 1.41. The molecule has 0 N–H and O–H groups in total. The molecule has 0 spiro atoms. The first-order chi connectivity index (χ1) is 14.1. The lowest BCUT2D eigenvalue weighted by atomic mass is 10.1. The summed E-state index contributed by atoms with van der Waals surface area (Å²) in [5, 5.41) is 8.59. The van der Waals surface area contributed by atoms with Crippen LogP contribution in [0.1, 0.15) is 28.3 Å². The lowest BCUT2D eigenvalue weighted by Crippen LogP contribution is -1.97. The fourth-order valence-electron chi connectivity index (χ4n) is 2.69. The fourth-order valence-corrected chi connectivity index (χ4v) is 3.35. The lowest BCUT2D eigenvalue weighted by molar-refractivity contribution is 0.250. The molecular formula is C22H21N3O3S. The molecule has 0 saturated heterocycles. The van der Waals surface area contributed by atoms with Gasteiger partial charge in [0.15, 0.2) is 6.61 Å². The number of aryl methyl sites for hydroxylation is 3. The van der Waals surface area contributed by atoms with Crippen LogP contribution in [0.15, 0.2) is 62.8 Å².